The molecule has 1 aromatic carbocycles. The second-order valence-electron chi connectivity index (χ2n) is 6.73. The van der Waals surface area contributed by atoms with E-state index in [4.69, 9.17) is 9.47 Å². The van der Waals surface area contributed by atoms with E-state index in [1.807, 2.05) is 19.9 Å². The van der Waals surface area contributed by atoms with Crippen molar-refractivity contribution in [3.05, 3.63) is 57.1 Å². The average Bonchev–Trinajstić information content (AvgIpc) is 2.69. The van der Waals surface area contributed by atoms with Gasteiger partial charge < -0.3 is 14.0 Å². The van der Waals surface area contributed by atoms with Crippen LogP contribution in [0.15, 0.2) is 34.8 Å². The number of esters is 2. The van der Waals surface area contributed by atoms with Crippen LogP contribution in [0, 0.1) is 17.1 Å². The Hall–Kier alpha value is -3.47. The van der Waals surface area contributed by atoms with Gasteiger partial charge >= 0.3 is 11.9 Å². The first kappa shape index (κ1) is 22.8. The molecule has 0 aliphatic heterocycles. The summed E-state index contributed by atoms with van der Waals surface area (Å²) < 4.78 is 26.2. The number of hydrogen-bond acceptors (Lipinski definition) is 6. The molecule has 0 amide bonds. The SMILES string of the molecule is CCOC(=O)c1cn(CC=C(C)C)c2cc(C(C#N)C(=O)OCC)c(F)cc2c1=O. The molecule has 2 rings (SSSR count). The van der Waals surface area contributed by atoms with Crippen LogP contribution in [-0.2, 0) is 20.8 Å². The van der Waals surface area contributed by atoms with Gasteiger partial charge in [-0.15, -0.1) is 0 Å². The van der Waals surface area contributed by atoms with E-state index in [9.17, 15) is 24.0 Å². The van der Waals surface area contributed by atoms with Crippen LogP contribution in [0.5, 0.6) is 0 Å². The molecule has 30 heavy (non-hydrogen) atoms. The van der Waals surface area contributed by atoms with E-state index in [1.165, 1.54) is 12.3 Å². The van der Waals surface area contributed by atoms with E-state index in [1.54, 1.807) is 24.5 Å². The molecule has 8 heteroatoms. The maximum absolute atomic E-state index is 14.8. The molecule has 0 aliphatic rings. The van der Waals surface area contributed by atoms with Gasteiger partial charge in [0.1, 0.15) is 11.4 Å². The predicted octanol–water partition coefficient (Wildman–Crippen LogP) is 3.45. The van der Waals surface area contributed by atoms with Crippen LogP contribution in [0.2, 0.25) is 0 Å². The van der Waals surface area contributed by atoms with Crippen LogP contribution >= 0.6 is 0 Å². The number of carbonyl (C=O) groups excluding carboxylic acids is 2. The second kappa shape index (κ2) is 9.83. The highest BCUT2D eigenvalue weighted by Gasteiger charge is 2.27. The first-order valence-corrected chi connectivity index (χ1v) is 9.48. The molecule has 7 nitrogen and oxygen atoms in total. The Morgan fingerprint density at radius 3 is 2.47 bits per heavy atom. The van der Waals surface area contributed by atoms with Gasteiger partial charge in [0.05, 0.1) is 24.8 Å². The number of carbonyl (C=O) groups is 2. The van der Waals surface area contributed by atoms with E-state index in [0.717, 1.165) is 11.6 Å². The quantitative estimate of drug-likeness (QED) is 0.508. The van der Waals surface area contributed by atoms with Crippen molar-refractivity contribution in [1.82, 2.24) is 4.57 Å². The zero-order valence-corrected chi connectivity index (χ0v) is 17.3. The number of pyridine rings is 1. The van der Waals surface area contributed by atoms with Crippen molar-refractivity contribution in [2.75, 3.05) is 13.2 Å². The lowest BCUT2D eigenvalue weighted by atomic mass is 9.97. The fraction of sp³-hybridized carbons (Fsp3) is 0.364. The molecule has 0 saturated heterocycles. The smallest absolute Gasteiger partial charge is 0.343 e. The molecule has 1 heterocycles. The maximum Gasteiger partial charge on any atom is 0.343 e. The lowest BCUT2D eigenvalue weighted by Gasteiger charge is -2.15. The van der Waals surface area contributed by atoms with Gasteiger partial charge in [-0.2, -0.15) is 5.26 Å². The van der Waals surface area contributed by atoms with Crippen molar-refractivity contribution in [3.8, 4) is 6.07 Å². The monoisotopic (exact) mass is 414 g/mol. The normalized spacial score (nSPS) is 11.5. The number of benzene rings is 1. The van der Waals surface area contributed by atoms with Gasteiger partial charge in [-0.05, 0) is 39.8 Å². The summed E-state index contributed by atoms with van der Waals surface area (Å²) in [6.45, 7) is 7.37. The highest BCUT2D eigenvalue weighted by molar-refractivity contribution is 5.94. The third-order valence-corrected chi connectivity index (χ3v) is 4.35. The number of nitriles is 1. The first-order valence-electron chi connectivity index (χ1n) is 9.48. The molecule has 0 radical (unpaired) electrons. The molecule has 1 atom stereocenters. The maximum atomic E-state index is 14.8. The standard InChI is InChI=1S/C22H23FN2O5/c1-5-29-21(27)16(11-24)14-10-19-15(9-18(14)23)20(26)17(22(28)30-6-2)12-25(19)8-7-13(3)4/h7,9-10,12,16H,5-6,8H2,1-4H3. The van der Waals surface area contributed by atoms with Crippen molar-refractivity contribution in [3.63, 3.8) is 0 Å². The second-order valence-corrected chi connectivity index (χ2v) is 6.73. The van der Waals surface area contributed by atoms with Crippen molar-refractivity contribution >= 4 is 22.8 Å². The minimum atomic E-state index is -1.48. The number of halogens is 1. The Kier molecular flexibility index (Phi) is 7.48. The highest BCUT2D eigenvalue weighted by atomic mass is 19.1. The van der Waals surface area contributed by atoms with Gasteiger partial charge in [0.15, 0.2) is 5.92 Å². The summed E-state index contributed by atoms with van der Waals surface area (Å²) in [5.41, 5.74) is 0.167. The molecule has 0 bridgehead atoms. The first-order chi connectivity index (χ1) is 14.2. The Bertz CT molecular complexity index is 1110. The summed E-state index contributed by atoms with van der Waals surface area (Å²) in [5.74, 6) is -4.07. The van der Waals surface area contributed by atoms with Gasteiger partial charge in [0, 0.05) is 23.7 Å². The summed E-state index contributed by atoms with van der Waals surface area (Å²) in [4.78, 5) is 37.1. The molecule has 0 saturated carbocycles. The molecule has 2 aromatic rings. The number of hydrogen-bond donors (Lipinski definition) is 0. The van der Waals surface area contributed by atoms with E-state index in [0.29, 0.717) is 0 Å². The summed E-state index contributed by atoms with van der Waals surface area (Å²) in [5, 5.41) is 9.34. The topological polar surface area (TPSA) is 98.4 Å². The number of ether oxygens (including phenoxy) is 2. The van der Waals surface area contributed by atoms with E-state index < -0.39 is 29.1 Å². The molecule has 1 aromatic heterocycles. The van der Waals surface area contributed by atoms with Gasteiger partial charge in [-0.1, -0.05) is 11.6 Å². The third-order valence-electron chi connectivity index (χ3n) is 4.35. The number of aromatic nitrogens is 1. The van der Waals surface area contributed by atoms with Gasteiger partial charge in [0.2, 0.25) is 5.43 Å². The van der Waals surface area contributed by atoms with Crippen molar-refractivity contribution in [1.29, 1.82) is 5.26 Å². The number of fused-ring (bicyclic) bond motifs is 1. The fourth-order valence-electron chi connectivity index (χ4n) is 2.91. The van der Waals surface area contributed by atoms with Crippen LogP contribution in [0.1, 0.15) is 49.5 Å². The Morgan fingerprint density at radius 1 is 1.23 bits per heavy atom. The predicted molar refractivity (Wildman–Crippen MR) is 109 cm³/mol. The molecular formula is C22H23FN2O5. The van der Waals surface area contributed by atoms with Crippen molar-refractivity contribution < 1.29 is 23.5 Å². The van der Waals surface area contributed by atoms with Gasteiger partial charge in [-0.25, -0.2) is 9.18 Å². The minimum absolute atomic E-state index is 0.0421. The fourth-order valence-corrected chi connectivity index (χ4v) is 2.91. The molecular weight excluding hydrogens is 391 g/mol. The highest BCUT2D eigenvalue weighted by Crippen LogP contribution is 2.25. The summed E-state index contributed by atoms with van der Waals surface area (Å²) in [6, 6.07) is 3.98. The molecule has 0 spiro atoms. The number of rotatable bonds is 7. The third kappa shape index (κ3) is 4.74. The van der Waals surface area contributed by atoms with E-state index in [-0.39, 0.29) is 41.8 Å². The summed E-state index contributed by atoms with van der Waals surface area (Å²) >= 11 is 0. The lowest BCUT2D eigenvalue weighted by molar-refractivity contribution is -0.143. The van der Waals surface area contributed by atoms with Gasteiger partial charge in [-0.3, -0.25) is 9.59 Å². The summed E-state index contributed by atoms with van der Waals surface area (Å²) in [7, 11) is 0. The Labute approximate surface area is 173 Å². The van der Waals surface area contributed by atoms with Crippen LogP contribution in [0.3, 0.4) is 0 Å². The molecule has 0 N–H and O–H groups in total. The van der Waals surface area contributed by atoms with Crippen LogP contribution in [0.4, 0.5) is 4.39 Å². The molecule has 0 aliphatic carbocycles. The van der Waals surface area contributed by atoms with Crippen LogP contribution in [-0.4, -0.2) is 29.7 Å². The van der Waals surface area contributed by atoms with Crippen molar-refractivity contribution in [2.45, 2.75) is 40.2 Å². The van der Waals surface area contributed by atoms with Crippen LogP contribution < -0.4 is 5.43 Å². The van der Waals surface area contributed by atoms with E-state index in [2.05, 4.69) is 0 Å². The summed E-state index contributed by atoms with van der Waals surface area (Å²) in [6.07, 6.45) is 3.20. The van der Waals surface area contributed by atoms with Gasteiger partial charge in [0.25, 0.3) is 0 Å². The Morgan fingerprint density at radius 2 is 1.90 bits per heavy atom. The minimum Gasteiger partial charge on any atom is -0.465 e. The van der Waals surface area contributed by atoms with Crippen molar-refractivity contribution in [2.24, 2.45) is 0 Å². The number of allylic oxidation sites excluding steroid dienone is 2. The lowest BCUT2D eigenvalue weighted by Crippen LogP contribution is -2.22. The average molecular weight is 414 g/mol. The van der Waals surface area contributed by atoms with E-state index >= 15 is 0 Å². The Balaban J connectivity index is 2.81. The van der Waals surface area contributed by atoms with Crippen LogP contribution in [0.25, 0.3) is 10.9 Å². The zero-order valence-electron chi connectivity index (χ0n) is 17.3. The largest absolute Gasteiger partial charge is 0.465 e. The number of nitrogens with zero attached hydrogens (tertiary/aromatic N) is 2. The molecule has 0 fully saturated rings. The molecule has 1 unspecified atom stereocenters. The zero-order chi connectivity index (χ0) is 22.4. The molecule has 158 valence electrons.